The highest BCUT2D eigenvalue weighted by Gasteiger charge is 2.14. The molecule has 6 heteroatoms. The van der Waals surface area contributed by atoms with Gasteiger partial charge in [-0.15, -0.1) is 11.8 Å². The Bertz CT molecular complexity index is 750. The molecule has 4 nitrogen and oxygen atoms in total. The molecule has 0 radical (unpaired) electrons. The first-order valence-electron chi connectivity index (χ1n) is 8.51. The van der Waals surface area contributed by atoms with Crippen molar-refractivity contribution >= 4 is 29.3 Å². The van der Waals surface area contributed by atoms with E-state index in [1.165, 1.54) is 23.9 Å². The third kappa shape index (κ3) is 6.19. The van der Waals surface area contributed by atoms with Crippen molar-refractivity contribution in [2.75, 3.05) is 11.1 Å². The summed E-state index contributed by atoms with van der Waals surface area (Å²) in [6, 6.07) is 13.2. The summed E-state index contributed by atoms with van der Waals surface area (Å²) in [6.45, 7) is 3.93. The van der Waals surface area contributed by atoms with E-state index in [2.05, 4.69) is 10.6 Å². The van der Waals surface area contributed by atoms with Crippen LogP contribution in [0.4, 0.5) is 10.1 Å². The quantitative estimate of drug-likeness (QED) is 0.727. The molecule has 0 bridgehead atoms. The van der Waals surface area contributed by atoms with Crippen LogP contribution in [0.2, 0.25) is 0 Å². The standard InChI is InChI=1S/C20H23FN2O2S/c1-3-14(2)22-20(25)17-6-4-5-7-18(17)23-19(24)13-26-12-15-8-10-16(21)11-9-15/h4-11,14H,3,12-13H2,1-2H3,(H,22,25)(H,23,24)/t14-/m1/s1. The van der Waals surface area contributed by atoms with Gasteiger partial charge >= 0.3 is 0 Å². The second kappa shape index (κ2) is 9.97. The predicted octanol–water partition coefficient (Wildman–Crippen LogP) is 4.23. The Labute approximate surface area is 157 Å². The van der Waals surface area contributed by atoms with Gasteiger partial charge in [0.15, 0.2) is 0 Å². The van der Waals surface area contributed by atoms with Crippen LogP contribution in [0.15, 0.2) is 48.5 Å². The van der Waals surface area contributed by atoms with Gasteiger partial charge < -0.3 is 10.6 Å². The smallest absolute Gasteiger partial charge is 0.253 e. The molecule has 0 saturated heterocycles. The van der Waals surface area contributed by atoms with Crippen LogP contribution in [-0.4, -0.2) is 23.6 Å². The molecule has 0 aliphatic carbocycles. The summed E-state index contributed by atoms with van der Waals surface area (Å²) in [4.78, 5) is 24.5. The van der Waals surface area contributed by atoms with Crippen molar-refractivity contribution in [3.05, 3.63) is 65.5 Å². The lowest BCUT2D eigenvalue weighted by Gasteiger charge is -2.14. The van der Waals surface area contributed by atoms with Crippen molar-refractivity contribution in [1.29, 1.82) is 0 Å². The van der Waals surface area contributed by atoms with Gasteiger partial charge in [-0.25, -0.2) is 4.39 Å². The van der Waals surface area contributed by atoms with Gasteiger partial charge in [0.05, 0.1) is 17.0 Å². The van der Waals surface area contributed by atoms with Crippen LogP contribution in [0.3, 0.4) is 0 Å². The van der Waals surface area contributed by atoms with E-state index in [4.69, 9.17) is 0 Å². The highest BCUT2D eigenvalue weighted by molar-refractivity contribution is 7.99. The number of para-hydroxylation sites is 1. The lowest BCUT2D eigenvalue weighted by atomic mass is 10.1. The summed E-state index contributed by atoms with van der Waals surface area (Å²) >= 11 is 1.43. The molecule has 138 valence electrons. The Balaban J connectivity index is 1.90. The molecule has 2 amide bonds. The molecule has 2 aromatic carbocycles. The van der Waals surface area contributed by atoms with E-state index in [0.717, 1.165) is 12.0 Å². The molecule has 2 aromatic rings. The van der Waals surface area contributed by atoms with Crippen LogP contribution in [0.25, 0.3) is 0 Å². The SMILES string of the molecule is CC[C@@H](C)NC(=O)c1ccccc1NC(=O)CSCc1ccc(F)cc1. The lowest BCUT2D eigenvalue weighted by molar-refractivity contribution is -0.113. The van der Waals surface area contributed by atoms with Gasteiger partial charge in [-0.05, 0) is 43.2 Å². The number of carbonyl (C=O) groups excluding carboxylic acids is 2. The second-order valence-electron chi connectivity index (χ2n) is 6.00. The Hall–Kier alpha value is -2.34. The first-order valence-corrected chi connectivity index (χ1v) is 9.67. The third-order valence-corrected chi connectivity index (χ3v) is 4.85. The number of benzene rings is 2. The minimum Gasteiger partial charge on any atom is -0.350 e. The molecule has 0 aromatic heterocycles. The fraction of sp³-hybridized carbons (Fsp3) is 0.300. The molecular weight excluding hydrogens is 351 g/mol. The number of hydrogen-bond acceptors (Lipinski definition) is 3. The Morgan fingerprint density at radius 1 is 1.12 bits per heavy atom. The zero-order valence-electron chi connectivity index (χ0n) is 14.9. The molecular formula is C20H23FN2O2S. The van der Waals surface area contributed by atoms with E-state index in [9.17, 15) is 14.0 Å². The summed E-state index contributed by atoms with van der Waals surface area (Å²) < 4.78 is 12.9. The first kappa shape index (κ1) is 20.0. The van der Waals surface area contributed by atoms with E-state index in [-0.39, 0.29) is 29.4 Å². The van der Waals surface area contributed by atoms with Crippen molar-refractivity contribution in [3.8, 4) is 0 Å². The van der Waals surface area contributed by atoms with E-state index >= 15 is 0 Å². The maximum absolute atomic E-state index is 12.9. The van der Waals surface area contributed by atoms with E-state index in [0.29, 0.717) is 17.0 Å². The Kier molecular flexibility index (Phi) is 7.66. The number of thioether (sulfide) groups is 1. The monoisotopic (exact) mass is 374 g/mol. The van der Waals surface area contributed by atoms with Gasteiger partial charge in [0.25, 0.3) is 5.91 Å². The average molecular weight is 374 g/mol. The summed E-state index contributed by atoms with van der Waals surface area (Å²) in [5.41, 5.74) is 1.91. The highest BCUT2D eigenvalue weighted by atomic mass is 32.2. The Morgan fingerprint density at radius 3 is 2.50 bits per heavy atom. The third-order valence-electron chi connectivity index (χ3n) is 3.85. The first-order chi connectivity index (χ1) is 12.5. The number of amides is 2. The maximum Gasteiger partial charge on any atom is 0.253 e. The lowest BCUT2D eigenvalue weighted by Crippen LogP contribution is -2.32. The zero-order valence-corrected chi connectivity index (χ0v) is 15.7. The van der Waals surface area contributed by atoms with E-state index in [1.54, 1.807) is 36.4 Å². The maximum atomic E-state index is 12.9. The van der Waals surface area contributed by atoms with Gasteiger partial charge in [0, 0.05) is 11.8 Å². The predicted molar refractivity (Wildman–Crippen MR) is 105 cm³/mol. The van der Waals surface area contributed by atoms with E-state index in [1.807, 2.05) is 13.8 Å². The summed E-state index contributed by atoms with van der Waals surface area (Å²) in [7, 11) is 0. The zero-order chi connectivity index (χ0) is 18.9. The minimum atomic E-state index is -0.274. The summed E-state index contributed by atoms with van der Waals surface area (Å²) in [6.07, 6.45) is 0.834. The number of hydrogen-bond donors (Lipinski definition) is 2. The summed E-state index contributed by atoms with van der Waals surface area (Å²) in [5, 5.41) is 5.70. The molecule has 0 heterocycles. The summed E-state index contributed by atoms with van der Waals surface area (Å²) in [5.74, 6) is 0.210. The van der Waals surface area contributed by atoms with Crippen LogP contribution >= 0.6 is 11.8 Å². The molecule has 2 N–H and O–H groups in total. The van der Waals surface area contributed by atoms with Gasteiger partial charge in [0.1, 0.15) is 5.82 Å². The Morgan fingerprint density at radius 2 is 1.81 bits per heavy atom. The van der Waals surface area contributed by atoms with Gasteiger partial charge in [0.2, 0.25) is 5.91 Å². The molecule has 0 fully saturated rings. The number of rotatable bonds is 8. The molecule has 2 rings (SSSR count). The second-order valence-corrected chi connectivity index (χ2v) is 6.98. The molecule has 0 aliphatic heterocycles. The fourth-order valence-electron chi connectivity index (χ4n) is 2.22. The average Bonchev–Trinajstić information content (AvgIpc) is 2.63. The van der Waals surface area contributed by atoms with Crippen molar-refractivity contribution in [2.45, 2.75) is 32.1 Å². The normalized spacial score (nSPS) is 11.7. The van der Waals surface area contributed by atoms with Crippen LogP contribution in [0.1, 0.15) is 36.2 Å². The topological polar surface area (TPSA) is 58.2 Å². The van der Waals surface area contributed by atoms with Gasteiger partial charge in [-0.1, -0.05) is 31.2 Å². The van der Waals surface area contributed by atoms with Gasteiger partial charge in [-0.3, -0.25) is 9.59 Å². The number of halogens is 1. The minimum absolute atomic E-state index is 0.0672. The molecule has 0 saturated carbocycles. The largest absolute Gasteiger partial charge is 0.350 e. The number of nitrogens with one attached hydrogen (secondary N) is 2. The fourth-order valence-corrected chi connectivity index (χ4v) is 3.01. The van der Waals surface area contributed by atoms with Crippen molar-refractivity contribution in [3.63, 3.8) is 0 Å². The molecule has 1 atom stereocenters. The molecule has 0 unspecified atom stereocenters. The van der Waals surface area contributed by atoms with Crippen LogP contribution in [0.5, 0.6) is 0 Å². The highest BCUT2D eigenvalue weighted by Crippen LogP contribution is 2.17. The van der Waals surface area contributed by atoms with Crippen molar-refractivity contribution in [1.82, 2.24) is 5.32 Å². The van der Waals surface area contributed by atoms with Crippen molar-refractivity contribution < 1.29 is 14.0 Å². The molecule has 26 heavy (non-hydrogen) atoms. The van der Waals surface area contributed by atoms with Crippen molar-refractivity contribution in [2.24, 2.45) is 0 Å². The number of carbonyl (C=O) groups is 2. The molecule has 0 spiro atoms. The molecule has 0 aliphatic rings. The van der Waals surface area contributed by atoms with Gasteiger partial charge in [-0.2, -0.15) is 0 Å². The van der Waals surface area contributed by atoms with Crippen LogP contribution < -0.4 is 10.6 Å². The van der Waals surface area contributed by atoms with Crippen LogP contribution in [0, 0.1) is 5.82 Å². The van der Waals surface area contributed by atoms with Crippen LogP contribution in [-0.2, 0) is 10.5 Å². The van der Waals surface area contributed by atoms with E-state index < -0.39 is 0 Å². The number of anilines is 1.